The lowest BCUT2D eigenvalue weighted by Gasteiger charge is -2.11. The van der Waals surface area contributed by atoms with E-state index in [2.05, 4.69) is 36.1 Å². The molecule has 0 fully saturated rings. The minimum Gasteiger partial charge on any atom is -0.324 e. The predicted molar refractivity (Wildman–Crippen MR) is 128 cm³/mol. The molecule has 0 bridgehead atoms. The van der Waals surface area contributed by atoms with Crippen LogP contribution in [0.15, 0.2) is 84.0 Å². The van der Waals surface area contributed by atoms with Crippen molar-refractivity contribution in [1.29, 1.82) is 0 Å². The second kappa shape index (κ2) is 9.96. The van der Waals surface area contributed by atoms with Crippen LogP contribution in [0.4, 0.5) is 34.9 Å². The van der Waals surface area contributed by atoms with E-state index in [0.717, 1.165) is 16.8 Å². The monoisotopic (exact) mass is 440 g/mol. The summed E-state index contributed by atoms with van der Waals surface area (Å²) in [5, 5.41) is 21.3. The predicted octanol–water partition coefficient (Wildman–Crippen LogP) is 5.02. The van der Waals surface area contributed by atoms with E-state index in [1.165, 1.54) is 12.1 Å². The highest BCUT2D eigenvalue weighted by atomic mass is 16.6. The summed E-state index contributed by atoms with van der Waals surface area (Å²) in [6.07, 6.45) is 1.65. The average molecular weight is 440 g/mol. The molecule has 0 radical (unpaired) electrons. The standard InChI is InChI=1S/C23H20N8O2/c1-16-7-5-6-10-20(16)26-22-27-21(25-18-11-13-19(14-12-18)31(32)33)28-23(29-22)30-24-15-17-8-3-2-4-9-17/h2-15H,1H3,(H3,25,26,27,28,29,30)/b24-15-. The van der Waals surface area contributed by atoms with E-state index in [4.69, 9.17) is 0 Å². The van der Waals surface area contributed by atoms with Gasteiger partial charge in [0.05, 0.1) is 11.1 Å². The Morgan fingerprint density at radius 1 is 0.818 bits per heavy atom. The van der Waals surface area contributed by atoms with Crippen molar-refractivity contribution < 1.29 is 4.92 Å². The van der Waals surface area contributed by atoms with Gasteiger partial charge in [-0.05, 0) is 36.2 Å². The maximum atomic E-state index is 10.9. The number of nitrogens with zero attached hydrogens (tertiary/aromatic N) is 5. The maximum absolute atomic E-state index is 10.9. The lowest BCUT2D eigenvalue weighted by molar-refractivity contribution is -0.384. The van der Waals surface area contributed by atoms with Gasteiger partial charge in [-0.2, -0.15) is 20.1 Å². The van der Waals surface area contributed by atoms with Crippen LogP contribution < -0.4 is 16.1 Å². The van der Waals surface area contributed by atoms with Crippen molar-refractivity contribution in [3.63, 3.8) is 0 Å². The topological polar surface area (TPSA) is 130 Å². The largest absolute Gasteiger partial charge is 0.324 e. The van der Waals surface area contributed by atoms with Crippen LogP contribution in [0.3, 0.4) is 0 Å². The van der Waals surface area contributed by atoms with Crippen LogP contribution in [0.2, 0.25) is 0 Å². The molecule has 0 spiro atoms. The van der Waals surface area contributed by atoms with Gasteiger partial charge < -0.3 is 10.6 Å². The van der Waals surface area contributed by atoms with Crippen LogP contribution in [0.1, 0.15) is 11.1 Å². The van der Waals surface area contributed by atoms with E-state index in [1.54, 1.807) is 18.3 Å². The molecule has 10 nitrogen and oxygen atoms in total. The summed E-state index contributed by atoms with van der Waals surface area (Å²) in [5.74, 6) is 0.770. The first-order chi connectivity index (χ1) is 16.1. The molecule has 1 aromatic heterocycles. The van der Waals surface area contributed by atoms with E-state index in [-0.39, 0.29) is 17.6 Å². The summed E-state index contributed by atoms with van der Waals surface area (Å²) in [6.45, 7) is 1.98. The minimum atomic E-state index is -0.455. The number of nitrogens with one attached hydrogen (secondary N) is 3. The van der Waals surface area contributed by atoms with E-state index in [1.807, 2.05) is 61.5 Å². The molecule has 0 unspecified atom stereocenters. The summed E-state index contributed by atoms with van der Waals surface area (Å²) < 4.78 is 0. The van der Waals surface area contributed by atoms with Gasteiger partial charge >= 0.3 is 0 Å². The van der Waals surface area contributed by atoms with E-state index in [0.29, 0.717) is 11.6 Å². The van der Waals surface area contributed by atoms with Crippen LogP contribution in [-0.4, -0.2) is 26.1 Å². The Balaban J connectivity index is 1.59. The van der Waals surface area contributed by atoms with Crippen LogP contribution in [0.5, 0.6) is 0 Å². The van der Waals surface area contributed by atoms with Gasteiger partial charge in [0.2, 0.25) is 17.8 Å². The van der Waals surface area contributed by atoms with Crippen LogP contribution >= 0.6 is 0 Å². The summed E-state index contributed by atoms with van der Waals surface area (Å²) in [6, 6.07) is 23.3. The Kier molecular flexibility index (Phi) is 6.45. The van der Waals surface area contributed by atoms with Crippen molar-refractivity contribution in [2.24, 2.45) is 5.10 Å². The minimum absolute atomic E-state index is 0.00397. The number of hydrogen-bond donors (Lipinski definition) is 3. The Morgan fingerprint density at radius 3 is 2.15 bits per heavy atom. The van der Waals surface area contributed by atoms with Crippen LogP contribution in [0, 0.1) is 17.0 Å². The number of aromatic nitrogens is 3. The molecule has 0 atom stereocenters. The fraction of sp³-hybridized carbons (Fsp3) is 0.0435. The zero-order valence-electron chi connectivity index (χ0n) is 17.6. The fourth-order valence-corrected chi connectivity index (χ4v) is 2.87. The Labute approximate surface area is 189 Å². The van der Waals surface area contributed by atoms with Gasteiger partial charge in [0.15, 0.2) is 0 Å². The average Bonchev–Trinajstić information content (AvgIpc) is 2.82. The molecule has 33 heavy (non-hydrogen) atoms. The van der Waals surface area contributed by atoms with Crippen LogP contribution in [0.25, 0.3) is 0 Å². The van der Waals surface area contributed by atoms with E-state index < -0.39 is 4.92 Å². The number of anilines is 5. The first-order valence-electron chi connectivity index (χ1n) is 10.0. The van der Waals surface area contributed by atoms with Crippen molar-refractivity contribution in [2.75, 3.05) is 16.1 Å². The number of rotatable bonds is 8. The highest BCUT2D eigenvalue weighted by molar-refractivity contribution is 5.79. The first-order valence-corrected chi connectivity index (χ1v) is 10.0. The van der Waals surface area contributed by atoms with E-state index >= 15 is 0 Å². The molecule has 1 heterocycles. The molecular formula is C23H20N8O2. The van der Waals surface area contributed by atoms with Gasteiger partial charge in [0, 0.05) is 23.5 Å². The van der Waals surface area contributed by atoms with Crippen molar-refractivity contribution in [2.45, 2.75) is 6.92 Å². The highest BCUT2D eigenvalue weighted by Gasteiger charge is 2.10. The molecule has 4 rings (SSSR count). The number of nitro groups is 1. The third-order valence-electron chi connectivity index (χ3n) is 4.54. The summed E-state index contributed by atoms with van der Waals surface area (Å²) >= 11 is 0. The third-order valence-corrected chi connectivity index (χ3v) is 4.54. The molecule has 0 aliphatic carbocycles. The van der Waals surface area contributed by atoms with Crippen molar-refractivity contribution in [3.05, 3.63) is 100 Å². The Morgan fingerprint density at radius 2 is 1.45 bits per heavy atom. The number of non-ortho nitro benzene ring substituents is 1. The molecule has 10 heteroatoms. The number of para-hydroxylation sites is 1. The second-order valence-electron chi connectivity index (χ2n) is 6.96. The van der Waals surface area contributed by atoms with Crippen molar-refractivity contribution in [1.82, 2.24) is 15.0 Å². The smallest absolute Gasteiger partial charge is 0.269 e. The molecule has 0 amide bonds. The molecule has 3 aromatic carbocycles. The van der Waals surface area contributed by atoms with Crippen LogP contribution in [-0.2, 0) is 0 Å². The Bertz CT molecular complexity index is 1280. The van der Waals surface area contributed by atoms with Gasteiger partial charge in [-0.1, -0.05) is 48.5 Å². The normalized spacial score (nSPS) is 10.7. The first kappa shape index (κ1) is 21.4. The molecule has 0 saturated heterocycles. The van der Waals surface area contributed by atoms with Crippen molar-refractivity contribution in [3.8, 4) is 0 Å². The van der Waals surface area contributed by atoms with E-state index in [9.17, 15) is 10.1 Å². The second-order valence-corrected chi connectivity index (χ2v) is 6.96. The number of hydrogen-bond acceptors (Lipinski definition) is 9. The number of hydrazone groups is 1. The molecule has 0 saturated carbocycles. The number of nitro benzene ring substituents is 1. The lowest BCUT2D eigenvalue weighted by atomic mass is 10.2. The van der Waals surface area contributed by atoms with Gasteiger partial charge in [-0.15, -0.1) is 0 Å². The lowest BCUT2D eigenvalue weighted by Crippen LogP contribution is -2.07. The molecular weight excluding hydrogens is 420 g/mol. The van der Waals surface area contributed by atoms with Gasteiger partial charge in [0.25, 0.3) is 5.69 Å². The van der Waals surface area contributed by atoms with Gasteiger partial charge in [0.1, 0.15) is 0 Å². The molecule has 0 aliphatic heterocycles. The molecule has 164 valence electrons. The molecule has 3 N–H and O–H groups in total. The Hall–Kier alpha value is -4.86. The summed E-state index contributed by atoms with van der Waals surface area (Å²) in [5.41, 5.74) is 6.20. The SMILES string of the molecule is Cc1ccccc1Nc1nc(N/N=C\c2ccccc2)nc(Nc2ccc([N+](=O)[O-])cc2)n1. The number of aryl methyl sites for hydroxylation is 1. The fourth-order valence-electron chi connectivity index (χ4n) is 2.87. The quantitative estimate of drug-likeness (QED) is 0.198. The zero-order valence-corrected chi connectivity index (χ0v) is 17.6. The summed E-state index contributed by atoms with van der Waals surface area (Å²) in [4.78, 5) is 23.6. The highest BCUT2D eigenvalue weighted by Crippen LogP contribution is 2.22. The van der Waals surface area contributed by atoms with Gasteiger partial charge in [-0.25, -0.2) is 5.43 Å². The zero-order chi connectivity index (χ0) is 23.0. The number of benzene rings is 3. The van der Waals surface area contributed by atoms with Gasteiger partial charge in [-0.3, -0.25) is 10.1 Å². The third kappa shape index (κ3) is 5.85. The molecule has 0 aliphatic rings. The molecule has 4 aromatic rings. The van der Waals surface area contributed by atoms with Crippen molar-refractivity contribution >= 4 is 41.1 Å². The maximum Gasteiger partial charge on any atom is 0.269 e. The summed E-state index contributed by atoms with van der Waals surface area (Å²) in [7, 11) is 0.